The molecule has 1 unspecified atom stereocenters. The molecule has 0 spiro atoms. The smallest absolute Gasteiger partial charge is 0.237 e. The van der Waals surface area contributed by atoms with Crippen LogP contribution in [0.4, 0.5) is 0 Å². The number of primary amides is 1. The van der Waals surface area contributed by atoms with E-state index in [1.165, 1.54) is 0 Å². The Balaban J connectivity index is 4.24. The van der Waals surface area contributed by atoms with Gasteiger partial charge in [0, 0.05) is 0 Å². The van der Waals surface area contributed by atoms with Gasteiger partial charge in [-0.2, -0.15) is 5.26 Å². The van der Waals surface area contributed by atoms with Crippen molar-refractivity contribution < 1.29 is 4.79 Å². The number of nitrogens with one attached hydrogen (secondary N) is 1. The Morgan fingerprint density at radius 2 is 2.25 bits per heavy atom. The van der Waals surface area contributed by atoms with Crippen LogP contribution in [0.2, 0.25) is 0 Å². The second-order valence-electron chi connectivity index (χ2n) is 3.22. The van der Waals surface area contributed by atoms with E-state index >= 15 is 0 Å². The molecule has 1 atom stereocenters. The van der Waals surface area contributed by atoms with E-state index in [1.807, 2.05) is 13.0 Å². The summed E-state index contributed by atoms with van der Waals surface area (Å²) >= 11 is 0. The molecule has 0 saturated heterocycles. The van der Waals surface area contributed by atoms with Crippen LogP contribution >= 0.6 is 0 Å². The number of nitrogens with two attached hydrogens (primary N) is 1. The van der Waals surface area contributed by atoms with Crippen LogP contribution in [0.1, 0.15) is 27.2 Å². The van der Waals surface area contributed by atoms with Gasteiger partial charge in [0.2, 0.25) is 5.91 Å². The minimum atomic E-state index is -0.809. The molecule has 0 aromatic rings. The second-order valence-corrected chi connectivity index (χ2v) is 3.22. The maximum atomic E-state index is 10.8. The standard InChI is InChI=1S/C8H15N3O/c1-4-6(5-9)11-8(2,3)7(10)12/h6,11H,4H2,1-3H3,(H2,10,12). The number of nitriles is 1. The average molecular weight is 169 g/mol. The van der Waals surface area contributed by atoms with Crippen LogP contribution < -0.4 is 11.1 Å². The quantitative estimate of drug-likeness (QED) is 0.628. The molecular weight excluding hydrogens is 154 g/mol. The molecule has 0 aromatic carbocycles. The number of hydrogen-bond acceptors (Lipinski definition) is 3. The lowest BCUT2D eigenvalue weighted by atomic mass is 10.0. The van der Waals surface area contributed by atoms with Crippen LogP contribution in [0.3, 0.4) is 0 Å². The van der Waals surface area contributed by atoms with Crippen LogP contribution in [-0.2, 0) is 4.79 Å². The summed E-state index contributed by atoms with van der Waals surface area (Å²) in [7, 11) is 0. The molecule has 1 amide bonds. The molecule has 0 fully saturated rings. The highest BCUT2D eigenvalue weighted by Gasteiger charge is 2.26. The second kappa shape index (κ2) is 4.07. The summed E-state index contributed by atoms with van der Waals surface area (Å²) in [6, 6.07) is 1.73. The minimum absolute atomic E-state index is 0.313. The largest absolute Gasteiger partial charge is 0.368 e. The van der Waals surface area contributed by atoms with E-state index in [-0.39, 0.29) is 6.04 Å². The Labute approximate surface area is 72.7 Å². The van der Waals surface area contributed by atoms with Crippen molar-refractivity contribution in [3.8, 4) is 6.07 Å². The van der Waals surface area contributed by atoms with Gasteiger partial charge in [-0.15, -0.1) is 0 Å². The number of hydrogen-bond donors (Lipinski definition) is 2. The van der Waals surface area contributed by atoms with Crippen LogP contribution in [0, 0.1) is 11.3 Å². The summed E-state index contributed by atoms with van der Waals surface area (Å²) in [6.45, 7) is 5.20. The zero-order valence-electron chi connectivity index (χ0n) is 7.72. The van der Waals surface area contributed by atoms with E-state index in [0.717, 1.165) is 0 Å². The molecular formula is C8H15N3O. The first-order valence-corrected chi connectivity index (χ1v) is 3.91. The van der Waals surface area contributed by atoms with Crippen molar-refractivity contribution >= 4 is 5.91 Å². The Bertz CT molecular complexity index is 205. The molecule has 0 aromatic heterocycles. The van der Waals surface area contributed by atoms with E-state index in [4.69, 9.17) is 11.0 Å². The molecule has 0 heterocycles. The van der Waals surface area contributed by atoms with Gasteiger partial charge in [0.05, 0.1) is 17.6 Å². The molecule has 0 bridgehead atoms. The van der Waals surface area contributed by atoms with Crippen molar-refractivity contribution in [1.82, 2.24) is 5.32 Å². The van der Waals surface area contributed by atoms with Gasteiger partial charge >= 0.3 is 0 Å². The summed E-state index contributed by atoms with van der Waals surface area (Å²) in [5.74, 6) is -0.448. The third-order valence-electron chi connectivity index (χ3n) is 1.72. The normalized spacial score (nSPS) is 13.5. The summed E-state index contributed by atoms with van der Waals surface area (Å²) in [5, 5.41) is 11.5. The fraction of sp³-hybridized carbons (Fsp3) is 0.750. The van der Waals surface area contributed by atoms with Gasteiger partial charge in [-0.3, -0.25) is 10.1 Å². The third-order valence-corrected chi connectivity index (χ3v) is 1.72. The molecule has 3 N–H and O–H groups in total. The van der Waals surface area contributed by atoms with E-state index in [2.05, 4.69) is 5.32 Å². The molecule has 0 aliphatic carbocycles. The van der Waals surface area contributed by atoms with Crippen molar-refractivity contribution in [3.63, 3.8) is 0 Å². The summed E-state index contributed by atoms with van der Waals surface area (Å²) in [4.78, 5) is 10.8. The lowest BCUT2D eigenvalue weighted by Crippen LogP contribution is -2.54. The van der Waals surface area contributed by atoms with Gasteiger partial charge in [0.1, 0.15) is 0 Å². The number of nitrogens with zero attached hydrogens (tertiary/aromatic N) is 1. The Kier molecular flexibility index (Phi) is 3.71. The number of carbonyl (C=O) groups is 1. The molecule has 4 nitrogen and oxygen atoms in total. The molecule has 4 heteroatoms. The van der Waals surface area contributed by atoms with Crippen molar-refractivity contribution in [3.05, 3.63) is 0 Å². The minimum Gasteiger partial charge on any atom is -0.368 e. The highest BCUT2D eigenvalue weighted by Crippen LogP contribution is 2.03. The molecule has 0 rings (SSSR count). The Hall–Kier alpha value is -1.08. The summed E-state index contributed by atoms with van der Waals surface area (Å²) in [6.07, 6.45) is 0.660. The zero-order chi connectivity index (χ0) is 9.78. The molecule has 0 radical (unpaired) electrons. The molecule has 68 valence electrons. The molecule has 12 heavy (non-hydrogen) atoms. The topological polar surface area (TPSA) is 78.9 Å². The summed E-state index contributed by atoms with van der Waals surface area (Å²) < 4.78 is 0. The zero-order valence-corrected chi connectivity index (χ0v) is 7.72. The first-order chi connectivity index (χ1) is 5.44. The highest BCUT2D eigenvalue weighted by molar-refractivity contribution is 5.83. The van der Waals surface area contributed by atoms with Crippen molar-refractivity contribution in [2.24, 2.45) is 5.73 Å². The maximum absolute atomic E-state index is 10.8. The molecule has 0 aliphatic rings. The number of carbonyl (C=O) groups excluding carboxylic acids is 1. The van der Waals surface area contributed by atoms with Crippen molar-refractivity contribution in [1.29, 1.82) is 5.26 Å². The SMILES string of the molecule is CCC(C#N)NC(C)(C)C(N)=O. The average Bonchev–Trinajstić information content (AvgIpc) is 2.00. The van der Waals surface area contributed by atoms with Crippen LogP contribution in [0.15, 0.2) is 0 Å². The fourth-order valence-electron chi connectivity index (χ4n) is 0.732. The highest BCUT2D eigenvalue weighted by atomic mass is 16.1. The van der Waals surface area contributed by atoms with Gasteiger partial charge in [-0.1, -0.05) is 6.92 Å². The first-order valence-electron chi connectivity index (χ1n) is 3.91. The monoisotopic (exact) mass is 169 g/mol. The van der Waals surface area contributed by atoms with Crippen LogP contribution in [-0.4, -0.2) is 17.5 Å². The van der Waals surface area contributed by atoms with Gasteiger partial charge in [-0.25, -0.2) is 0 Å². The van der Waals surface area contributed by atoms with Crippen LogP contribution in [0.25, 0.3) is 0 Å². The van der Waals surface area contributed by atoms with E-state index < -0.39 is 11.4 Å². The van der Waals surface area contributed by atoms with Crippen LogP contribution in [0.5, 0.6) is 0 Å². The van der Waals surface area contributed by atoms with Gasteiger partial charge in [-0.05, 0) is 20.3 Å². The first kappa shape index (κ1) is 10.9. The van der Waals surface area contributed by atoms with Gasteiger partial charge in [0.15, 0.2) is 0 Å². The van der Waals surface area contributed by atoms with E-state index in [0.29, 0.717) is 6.42 Å². The van der Waals surface area contributed by atoms with Gasteiger partial charge in [0.25, 0.3) is 0 Å². The van der Waals surface area contributed by atoms with E-state index in [9.17, 15) is 4.79 Å². The Morgan fingerprint density at radius 1 is 1.75 bits per heavy atom. The number of rotatable bonds is 4. The molecule has 0 saturated carbocycles. The predicted molar refractivity (Wildman–Crippen MR) is 46.1 cm³/mol. The number of amides is 1. The third kappa shape index (κ3) is 2.89. The summed E-state index contributed by atoms with van der Waals surface area (Å²) in [5.41, 5.74) is 4.31. The predicted octanol–water partition coefficient (Wildman–Crippen LogP) is 0.142. The lowest BCUT2D eigenvalue weighted by Gasteiger charge is -2.24. The Morgan fingerprint density at radius 3 is 2.50 bits per heavy atom. The lowest BCUT2D eigenvalue weighted by molar-refractivity contribution is -0.123. The fourth-order valence-corrected chi connectivity index (χ4v) is 0.732. The van der Waals surface area contributed by atoms with Crippen molar-refractivity contribution in [2.45, 2.75) is 38.8 Å². The van der Waals surface area contributed by atoms with E-state index in [1.54, 1.807) is 13.8 Å². The van der Waals surface area contributed by atoms with Gasteiger partial charge < -0.3 is 5.73 Å². The van der Waals surface area contributed by atoms with Crippen molar-refractivity contribution in [2.75, 3.05) is 0 Å². The molecule has 0 aliphatic heterocycles. The maximum Gasteiger partial charge on any atom is 0.237 e.